The lowest BCUT2D eigenvalue weighted by Crippen LogP contribution is -2.31. The molecule has 0 spiro atoms. The van der Waals surface area contributed by atoms with Crippen molar-refractivity contribution < 1.29 is 23.6 Å². The van der Waals surface area contributed by atoms with Crippen molar-refractivity contribution in [2.45, 2.75) is 13.0 Å². The van der Waals surface area contributed by atoms with Crippen LogP contribution in [0.3, 0.4) is 0 Å². The minimum Gasteiger partial charge on any atom is -0.496 e. The van der Waals surface area contributed by atoms with Gasteiger partial charge in [-0.1, -0.05) is 18.2 Å². The summed E-state index contributed by atoms with van der Waals surface area (Å²) in [5, 5.41) is 14.8. The molecule has 0 saturated carbocycles. The Kier molecular flexibility index (Phi) is 5.25. The molecule has 1 amide bonds. The Morgan fingerprint density at radius 2 is 2.04 bits per heavy atom. The lowest BCUT2D eigenvalue weighted by Gasteiger charge is -2.12. The van der Waals surface area contributed by atoms with E-state index in [4.69, 9.17) is 13.9 Å². The molecular weight excluding hydrogens is 352 g/mol. The van der Waals surface area contributed by atoms with Crippen molar-refractivity contribution in [1.82, 2.24) is 5.32 Å². The van der Waals surface area contributed by atoms with Gasteiger partial charge in [0.15, 0.2) is 12.4 Å². The van der Waals surface area contributed by atoms with Gasteiger partial charge in [-0.05, 0) is 31.2 Å². The van der Waals surface area contributed by atoms with Gasteiger partial charge in [-0.3, -0.25) is 14.9 Å². The number of carbonyl (C=O) groups excluding carboxylic acids is 1. The quantitative estimate of drug-likeness (QED) is 0.503. The zero-order valence-corrected chi connectivity index (χ0v) is 14.8. The molecule has 8 heteroatoms. The molecular formula is C19H18N2O6. The maximum atomic E-state index is 12.1. The Bertz CT molecular complexity index is 948. The molecule has 1 heterocycles. The van der Waals surface area contributed by atoms with Gasteiger partial charge in [0.25, 0.3) is 5.91 Å². The summed E-state index contributed by atoms with van der Waals surface area (Å²) in [5.41, 5.74) is 0.464. The van der Waals surface area contributed by atoms with Crippen LogP contribution in [0.2, 0.25) is 0 Å². The lowest BCUT2D eigenvalue weighted by atomic mass is 10.2. The van der Waals surface area contributed by atoms with Gasteiger partial charge < -0.3 is 19.2 Å². The molecule has 0 fully saturated rings. The first-order chi connectivity index (χ1) is 13.0. The predicted octanol–water partition coefficient (Wildman–Crippen LogP) is 3.61. The van der Waals surface area contributed by atoms with Gasteiger partial charge in [-0.25, -0.2) is 0 Å². The van der Waals surface area contributed by atoms with Crippen LogP contribution < -0.4 is 14.8 Å². The summed E-state index contributed by atoms with van der Waals surface area (Å²) >= 11 is 0. The fourth-order valence-corrected chi connectivity index (χ4v) is 2.60. The standard InChI is InChI=1S/C19H18N2O6/c1-12(18-9-13-5-3-4-6-16(13)27-18)20-19(22)11-26-17-8-7-14(25-2)10-15(17)21(23)24/h3-10,12H,11H2,1-2H3,(H,20,22)/t12-/m0/s1. The topological polar surface area (TPSA) is 104 Å². The number of nitro groups is 1. The molecule has 27 heavy (non-hydrogen) atoms. The fourth-order valence-electron chi connectivity index (χ4n) is 2.60. The summed E-state index contributed by atoms with van der Waals surface area (Å²) in [4.78, 5) is 22.7. The van der Waals surface area contributed by atoms with Crippen molar-refractivity contribution in [3.05, 3.63) is 64.4 Å². The summed E-state index contributed by atoms with van der Waals surface area (Å²) in [5.74, 6) is 0.511. The predicted molar refractivity (Wildman–Crippen MR) is 97.9 cm³/mol. The smallest absolute Gasteiger partial charge is 0.314 e. The molecule has 1 atom stereocenters. The molecule has 1 aromatic heterocycles. The molecule has 0 aliphatic heterocycles. The van der Waals surface area contributed by atoms with Crippen LogP contribution in [0.15, 0.2) is 52.9 Å². The van der Waals surface area contributed by atoms with E-state index >= 15 is 0 Å². The highest BCUT2D eigenvalue weighted by atomic mass is 16.6. The average Bonchev–Trinajstić information content (AvgIpc) is 3.10. The Hall–Kier alpha value is -3.55. The Morgan fingerprint density at radius 1 is 1.26 bits per heavy atom. The van der Waals surface area contributed by atoms with Crippen LogP contribution in [0.5, 0.6) is 11.5 Å². The Balaban J connectivity index is 1.63. The van der Waals surface area contributed by atoms with Crippen LogP contribution in [0.25, 0.3) is 11.0 Å². The van der Waals surface area contributed by atoms with Gasteiger partial charge in [0.1, 0.15) is 17.1 Å². The minimum absolute atomic E-state index is 0.00709. The van der Waals surface area contributed by atoms with Crippen molar-refractivity contribution >= 4 is 22.6 Å². The third-order valence-electron chi connectivity index (χ3n) is 3.97. The van der Waals surface area contributed by atoms with Crippen LogP contribution in [0, 0.1) is 10.1 Å². The van der Waals surface area contributed by atoms with Crippen LogP contribution in [0.4, 0.5) is 5.69 Å². The number of carbonyl (C=O) groups is 1. The summed E-state index contributed by atoms with van der Waals surface area (Å²) in [7, 11) is 1.41. The van der Waals surface area contributed by atoms with E-state index in [1.807, 2.05) is 30.3 Å². The number of hydrogen-bond acceptors (Lipinski definition) is 6. The number of rotatable bonds is 7. The molecule has 0 unspecified atom stereocenters. The largest absolute Gasteiger partial charge is 0.496 e. The molecule has 3 aromatic rings. The second-order valence-electron chi connectivity index (χ2n) is 5.86. The highest BCUT2D eigenvalue weighted by Crippen LogP contribution is 2.31. The van der Waals surface area contributed by atoms with Gasteiger partial charge in [0.2, 0.25) is 0 Å². The van der Waals surface area contributed by atoms with Crippen molar-refractivity contribution in [2.24, 2.45) is 0 Å². The maximum absolute atomic E-state index is 12.1. The number of ether oxygens (including phenoxy) is 2. The summed E-state index contributed by atoms with van der Waals surface area (Å²) in [6.45, 7) is 1.42. The van der Waals surface area contributed by atoms with Crippen LogP contribution in [0.1, 0.15) is 18.7 Å². The van der Waals surface area contributed by atoms with E-state index in [2.05, 4.69) is 5.32 Å². The van der Waals surface area contributed by atoms with Crippen LogP contribution >= 0.6 is 0 Å². The fraction of sp³-hybridized carbons (Fsp3) is 0.211. The van der Waals surface area contributed by atoms with Gasteiger partial charge in [-0.2, -0.15) is 0 Å². The zero-order valence-electron chi connectivity index (χ0n) is 14.8. The Morgan fingerprint density at radius 3 is 2.74 bits per heavy atom. The highest BCUT2D eigenvalue weighted by molar-refractivity contribution is 5.80. The molecule has 0 saturated heterocycles. The number of nitrogens with one attached hydrogen (secondary N) is 1. The number of para-hydroxylation sites is 1. The molecule has 0 aliphatic rings. The van der Waals surface area contributed by atoms with E-state index in [0.29, 0.717) is 11.5 Å². The molecule has 3 rings (SSSR count). The second-order valence-corrected chi connectivity index (χ2v) is 5.86. The number of nitrogens with zero attached hydrogens (tertiary/aromatic N) is 1. The number of hydrogen-bond donors (Lipinski definition) is 1. The summed E-state index contributed by atoms with van der Waals surface area (Å²) in [6, 6.07) is 13.2. The van der Waals surface area contributed by atoms with E-state index in [0.717, 1.165) is 11.0 Å². The first kappa shape index (κ1) is 18.2. The molecule has 0 aliphatic carbocycles. The maximum Gasteiger partial charge on any atom is 0.314 e. The normalized spacial score (nSPS) is 11.8. The van der Waals surface area contributed by atoms with Crippen molar-refractivity contribution in [2.75, 3.05) is 13.7 Å². The third kappa shape index (κ3) is 4.17. The van der Waals surface area contributed by atoms with Gasteiger partial charge in [-0.15, -0.1) is 0 Å². The average molecular weight is 370 g/mol. The molecule has 0 bridgehead atoms. The molecule has 0 radical (unpaired) electrons. The van der Waals surface area contributed by atoms with Crippen LogP contribution in [-0.4, -0.2) is 24.5 Å². The number of furan rings is 1. The van der Waals surface area contributed by atoms with E-state index in [-0.39, 0.29) is 24.1 Å². The van der Waals surface area contributed by atoms with E-state index in [9.17, 15) is 14.9 Å². The number of fused-ring (bicyclic) bond motifs is 1. The van der Waals surface area contributed by atoms with E-state index in [1.165, 1.54) is 25.3 Å². The number of methoxy groups -OCH3 is 1. The minimum atomic E-state index is -0.590. The van der Waals surface area contributed by atoms with Crippen LogP contribution in [-0.2, 0) is 4.79 Å². The molecule has 140 valence electrons. The molecule has 2 aromatic carbocycles. The van der Waals surface area contributed by atoms with Crippen molar-refractivity contribution in [3.63, 3.8) is 0 Å². The molecule has 1 N–H and O–H groups in total. The van der Waals surface area contributed by atoms with Crippen molar-refractivity contribution in [3.8, 4) is 11.5 Å². The Labute approximate surface area is 154 Å². The summed E-state index contributed by atoms with van der Waals surface area (Å²) < 4.78 is 16.0. The van der Waals surface area contributed by atoms with E-state index < -0.39 is 10.8 Å². The first-order valence-corrected chi connectivity index (χ1v) is 8.21. The van der Waals surface area contributed by atoms with Gasteiger partial charge in [0, 0.05) is 5.39 Å². The molecule has 8 nitrogen and oxygen atoms in total. The summed E-state index contributed by atoms with van der Waals surface area (Å²) in [6.07, 6.45) is 0. The van der Waals surface area contributed by atoms with Crippen molar-refractivity contribution in [1.29, 1.82) is 0 Å². The number of nitro benzene ring substituents is 1. The lowest BCUT2D eigenvalue weighted by molar-refractivity contribution is -0.385. The number of benzene rings is 2. The number of amides is 1. The zero-order chi connectivity index (χ0) is 19.4. The van der Waals surface area contributed by atoms with E-state index in [1.54, 1.807) is 6.92 Å². The second kappa shape index (κ2) is 7.77. The highest BCUT2D eigenvalue weighted by Gasteiger charge is 2.19. The monoisotopic (exact) mass is 370 g/mol. The first-order valence-electron chi connectivity index (χ1n) is 8.21. The SMILES string of the molecule is COc1ccc(OCC(=O)N[C@@H](C)c2cc3ccccc3o2)c([N+](=O)[O-])c1. The van der Waals surface area contributed by atoms with Gasteiger partial charge >= 0.3 is 5.69 Å². The van der Waals surface area contributed by atoms with Gasteiger partial charge in [0.05, 0.1) is 24.1 Å². The third-order valence-corrected chi connectivity index (χ3v) is 3.97.